The van der Waals surface area contributed by atoms with Crippen LogP contribution in [0.25, 0.3) is 11.5 Å². The summed E-state index contributed by atoms with van der Waals surface area (Å²) in [6.07, 6.45) is 0. The van der Waals surface area contributed by atoms with E-state index < -0.39 is 6.04 Å². The summed E-state index contributed by atoms with van der Waals surface area (Å²) in [7, 11) is 0. The molecule has 5 nitrogen and oxygen atoms in total. The second-order valence-corrected chi connectivity index (χ2v) is 6.58. The first kappa shape index (κ1) is 17.9. The number of nitrogens with one attached hydrogen (secondary N) is 1. The maximum Gasteiger partial charge on any atom is 0.252 e. The number of hydrogen-bond acceptors (Lipinski definition) is 4. The Morgan fingerprint density at radius 1 is 0.893 bits per heavy atom. The third-order valence-electron chi connectivity index (χ3n) is 4.20. The second kappa shape index (κ2) is 8.06. The Kier molecular flexibility index (Phi) is 5.17. The monoisotopic (exact) mass is 389 g/mol. The van der Waals surface area contributed by atoms with Gasteiger partial charge in [-0.2, -0.15) is 0 Å². The van der Waals surface area contributed by atoms with Gasteiger partial charge in [-0.3, -0.25) is 4.79 Å². The van der Waals surface area contributed by atoms with Gasteiger partial charge in [-0.05, 0) is 35.9 Å². The highest BCUT2D eigenvalue weighted by atomic mass is 35.5. The van der Waals surface area contributed by atoms with E-state index in [0.717, 1.165) is 11.1 Å². The summed E-state index contributed by atoms with van der Waals surface area (Å²) in [5, 5.41) is 11.8. The molecule has 0 aliphatic carbocycles. The summed E-state index contributed by atoms with van der Waals surface area (Å²) in [5.74, 6) is 0.421. The van der Waals surface area contributed by atoms with Crippen LogP contribution in [0.2, 0.25) is 5.02 Å². The number of carbonyl (C=O) groups is 1. The molecule has 4 rings (SSSR count). The van der Waals surface area contributed by atoms with Crippen LogP contribution in [0, 0.1) is 0 Å². The molecule has 3 aromatic carbocycles. The molecular formula is C22H16ClN3O2. The lowest BCUT2D eigenvalue weighted by atomic mass is 10.1. The Balaban J connectivity index is 1.67. The van der Waals surface area contributed by atoms with Gasteiger partial charge < -0.3 is 9.73 Å². The molecule has 0 unspecified atom stereocenters. The first-order valence-electron chi connectivity index (χ1n) is 8.71. The van der Waals surface area contributed by atoms with Gasteiger partial charge in [0.05, 0.1) is 0 Å². The van der Waals surface area contributed by atoms with E-state index in [0.29, 0.717) is 22.4 Å². The van der Waals surface area contributed by atoms with E-state index in [1.807, 2.05) is 60.7 Å². The maximum atomic E-state index is 12.8. The van der Waals surface area contributed by atoms with E-state index in [2.05, 4.69) is 15.5 Å². The fraction of sp³-hybridized carbons (Fsp3) is 0.0455. The van der Waals surface area contributed by atoms with Crippen LogP contribution in [-0.2, 0) is 0 Å². The van der Waals surface area contributed by atoms with E-state index in [1.165, 1.54) is 0 Å². The zero-order chi connectivity index (χ0) is 19.3. The fourth-order valence-corrected chi connectivity index (χ4v) is 3.02. The predicted octanol–water partition coefficient (Wildman–Crippen LogP) is 4.91. The SMILES string of the molecule is O=C(N[C@H](c1ccccc1)c1nnc(-c2ccccc2)o1)c1cccc(Cl)c1. The number of amides is 1. The lowest BCUT2D eigenvalue weighted by molar-refractivity contribution is 0.0938. The number of aromatic nitrogens is 2. The average Bonchev–Trinajstić information content (AvgIpc) is 3.23. The first-order chi connectivity index (χ1) is 13.7. The van der Waals surface area contributed by atoms with Crippen molar-refractivity contribution < 1.29 is 9.21 Å². The van der Waals surface area contributed by atoms with Gasteiger partial charge in [0.2, 0.25) is 11.8 Å². The van der Waals surface area contributed by atoms with Crippen molar-refractivity contribution in [2.24, 2.45) is 0 Å². The third kappa shape index (κ3) is 3.94. The van der Waals surface area contributed by atoms with Gasteiger partial charge in [0.15, 0.2) is 0 Å². The van der Waals surface area contributed by atoms with Crippen LogP contribution < -0.4 is 5.32 Å². The van der Waals surface area contributed by atoms with Crippen LogP contribution in [0.15, 0.2) is 89.3 Å². The molecule has 1 atom stereocenters. The van der Waals surface area contributed by atoms with Crippen LogP contribution in [0.4, 0.5) is 0 Å². The molecule has 1 N–H and O–H groups in total. The molecule has 0 fully saturated rings. The Bertz CT molecular complexity index is 1080. The summed E-state index contributed by atoms with van der Waals surface area (Å²) < 4.78 is 5.88. The van der Waals surface area contributed by atoms with Crippen molar-refractivity contribution in [3.63, 3.8) is 0 Å². The van der Waals surface area contributed by atoms with Crippen molar-refractivity contribution in [3.8, 4) is 11.5 Å². The largest absolute Gasteiger partial charge is 0.418 e. The fourth-order valence-electron chi connectivity index (χ4n) is 2.83. The molecule has 4 aromatic rings. The normalized spacial score (nSPS) is 11.8. The van der Waals surface area contributed by atoms with Crippen molar-refractivity contribution >= 4 is 17.5 Å². The van der Waals surface area contributed by atoms with Crippen molar-refractivity contribution in [1.29, 1.82) is 0 Å². The molecule has 1 heterocycles. The van der Waals surface area contributed by atoms with E-state index in [4.69, 9.17) is 16.0 Å². The Hall–Kier alpha value is -3.44. The minimum Gasteiger partial charge on any atom is -0.418 e. The van der Waals surface area contributed by atoms with Gasteiger partial charge in [0.25, 0.3) is 5.91 Å². The molecule has 0 aliphatic heterocycles. The lowest BCUT2D eigenvalue weighted by Gasteiger charge is -2.16. The van der Waals surface area contributed by atoms with Crippen molar-refractivity contribution in [1.82, 2.24) is 15.5 Å². The second-order valence-electron chi connectivity index (χ2n) is 6.14. The number of rotatable bonds is 5. The van der Waals surface area contributed by atoms with Crippen LogP contribution >= 0.6 is 11.6 Å². The number of halogens is 1. The summed E-state index contributed by atoms with van der Waals surface area (Å²) in [4.78, 5) is 12.8. The molecular weight excluding hydrogens is 374 g/mol. The van der Waals surface area contributed by atoms with Gasteiger partial charge in [-0.15, -0.1) is 10.2 Å². The number of benzene rings is 3. The molecule has 0 saturated heterocycles. The van der Waals surface area contributed by atoms with E-state index in [9.17, 15) is 4.79 Å². The lowest BCUT2D eigenvalue weighted by Crippen LogP contribution is -2.29. The molecule has 28 heavy (non-hydrogen) atoms. The van der Waals surface area contributed by atoms with E-state index in [1.54, 1.807) is 24.3 Å². The molecule has 0 radical (unpaired) electrons. The molecule has 0 spiro atoms. The first-order valence-corrected chi connectivity index (χ1v) is 9.09. The quantitative estimate of drug-likeness (QED) is 0.526. The molecule has 0 bridgehead atoms. The summed E-state index contributed by atoms with van der Waals surface area (Å²) in [6, 6.07) is 25.2. The topological polar surface area (TPSA) is 68.0 Å². The van der Waals surface area contributed by atoms with Gasteiger partial charge in [0, 0.05) is 16.1 Å². The number of carbonyl (C=O) groups excluding carboxylic acids is 1. The Morgan fingerprint density at radius 3 is 2.32 bits per heavy atom. The van der Waals surface area contributed by atoms with Crippen LogP contribution in [-0.4, -0.2) is 16.1 Å². The van der Waals surface area contributed by atoms with Crippen LogP contribution in [0.5, 0.6) is 0 Å². The summed E-state index contributed by atoms with van der Waals surface area (Å²) >= 11 is 6.01. The summed E-state index contributed by atoms with van der Waals surface area (Å²) in [6.45, 7) is 0. The van der Waals surface area contributed by atoms with Crippen molar-refractivity contribution in [2.75, 3.05) is 0 Å². The highest BCUT2D eigenvalue weighted by Gasteiger charge is 2.24. The molecule has 1 aromatic heterocycles. The zero-order valence-electron chi connectivity index (χ0n) is 14.7. The van der Waals surface area contributed by atoms with Gasteiger partial charge in [-0.1, -0.05) is 66.2 Å². The van der Waals surface area contributed by atoms with Gasteiger partial charge in [0.1, 0.15) is 6.04 Å². The van der Waals surface area contributed by atoms with Crippen LogP contribution in [0.1, 0.15) is 27.9 Å². The van der Waals surface area contributed by atoms with E-state index >= 15 is 0 Å². The minimum atomic E-state index is -0.586. The third-order valence-corrected chi connectivity index (χ3v) is 4.44. The van der Waals surface area contributed by atoms with Crippen molar-refractivity contribution in [3.05, 3.63) is 107 Å². The standard InChI is InChI=1S/C22H16ClN3O2/c23-18-13-7-12-17(14-18)20(27)24-19(15-8-3-1-4-9-15)22-26-25-21(28-22)16-10-5-2-6-11-16/h1-14,19H,(H,24,27)/t19-/m1/s1. The van der Waals surface area contributed by atoms with Gasteiger partial charge >= 0.3 is 0 Å². The summed E-state index contributed by atoms with van der Waals surface area (Å²) in [5.41, 5.74) is 2.10. The number of hydrogen-bond donors (Lipinski definition) is 1. The average molecular weight is 390 g/mol. The van der Waals surface area contributed by atoms with Crippen molar-refractivity contribution in [2.45, 2.75) is 6.04 Å². The minimum absolute atomic E-state index is 0.282. The molecule has 1 amide bonds. The van der Waals surface area contributed by atoms with Crippen LogP contribution in [0.3, 0.4) is 0 Å². The van der Waals surface area contributed by atoms with E-state index in [-0.39, 0.29) is 5.91 Å². The molecule has 0 saturated carbocycles. The Morgan fingerprint density at radius 2 is 1.61 bits per heavy atom. The molecule has 0 aliphatic rings. The highest BCUT2D eigenvalue weighted by Crippen LogP contribution is 2.25. The maximum absolute atomic E-state index is 12.8. The highest BCUT2D eigenvalue weighted by molar-refractivity contribution is 6.30. The zero-order valence-corrected chi connectivity index (χ0v) is 15.5. The molecule has 6 heteroatoms. The Labute approximate surface area is 167 Å². The smallest absolute Gasteiger partial charge is 0.252 e. The van der Waals surface area contributed by atoms with Gasteiger partial charge in [-0.25, -0.2) is 0 Å². The number of nitrogens with zero attached hydrogens (tertiary/aromatic N) is 2. The molecule has 138 valence electrons. The predicted molar refractivity (Wildman–Crippen MR) is 107 cm³/mol.